The monoisotopic (exact) mass is 295 g/mol. The molecule has 3 atom stereocenters. The Kier molecular flexibility index (Phi) is 4.91. The van der Waals surface area contributed by atoms with Gasteiger partial charge in [0.25, 0.3) is 0 Å². The van der Waals surface area contributed by atoms with Crippen molar-refractivity contribution in [3.63, 3.8) is 0 Å². The van der Waals surface area contributed by atoms with Gasteiger partial charge in [-0.25, -0.2) is 9.59 Å². The number of carbonyl (C=O) groups is 2. The van der Waals surface area contributed by atoms with Gasteiger partial charge in [0.1, 0.15) is 11.6 Å². The maximum Gasteiger partial charge on any atom is 0.408 e. The highest BCUT2D eigenvalue weighted by Gasteiger charge is 2.53. The SMILES string of the molecule is C=CCCC1CC1(C)OC(=O)NC(C(=O)O)C1CCCC1. The van der Waals surface area contributed by atoms with Gasteiger partial charge in [0, 0.05) is 5.92 Å². The average molecular weight is 295 g/mol. The zero-order chi connectivity index (χ0) is 15.5. The Bertz CT molecular complexity index is 417. The lowest BCUT2D eigenvalue weighted by Gasteiger charge is -2.22. The Balaban J connectivity index is 1.83. The highest BCUT2D eigenvalue weighted by molar-refractivity contribution is 5.80. The zero-order valence-electron chi connectivity index (χ0n) is 12.6. The number of rotatable bonds is 7. The molecule has 2 saturated carbocycles. The van der Waals surface area contributed by atoms with Gasteiger partial charge in [-0.3, -0.25) is 0 Å². The van der Waals surface area contributed by atoms with Gasteiger partial charge in [0.15, 0.2) is 0 Å². The van der Waals surface area contributed by atoms with Gasteiger partial charge in [-0.2, -0.15) is 0 Å². The first-order chi connectivity index (χ1) is 9.96. The van der Waals surface area contributed by atoms with Crippen LogP contribution in [0.2, 0.25) is 0 Å². The molecule has 0 bridgehead atoms. The fourth-order valence-electron chi connectivity index (χ4n) is 3.32. The molecule has 0 heterocycles. The molecule has 2 fully saturated rings. The number of alkyl carbamates (subject to hydrolysis) is 1. The molecule has 0 spiro atoms. The molecule has 0 saturated heterocycles. The Hall–Kier alpha value is -1.52. The van der Waals surface area contributed by atoms with E-state index in [1.165, 1.54) is 0 Å². The second-order valence-electron chi connectivity index (χ2n) is 6.47. The summed E-state index contributed by atoms with van der Waals surface area (Å²) in [6.45, 7) is 5.60. The lowest BCUT2D eigenvalue weighted by molar-refractivity contribution is -0.140. The summed E-state index contributed by atoms with van der Waals surface area (Å²) < 4.78 is 5.45. The second kappa shape index (κ2) is 6.50. The zero-order valence-corrected chi connectivity index (χ0v) is 12.6. The van der Waals surface area contributed by atoms with Crippen LogP contribution < -0.4 is 5.32 Å². The van der Waals surface area contributed by atoms with E-state index in [0.29, 0.717) is 5.92 Å². The van der Waals surface area contributed by atoms with E-state index in [1.54, 1.807) is 0 Å². The summed E-state index contributed by atoms with van der Waals surface area (Å²) in [4.78, 5) is 23.3. The molecule has 2 rings (SSSR count). The van der Waals surface area contributed by atoms with E-state index in [0.717, 1.165) is 44.9 Å². The molecular formula is C16H25NO4. The predicted octanol–water partition coefficient (Wildman–Crippen LogP) is 3.10. The van der Waals surface area contributed by atoms with Crippen LogP contribution in [0.1, 0.15) is 51.9 Å². The van der Waals surface area contributed by atoms with Crippen molar-refractivity contribution in [3.05, 3.63) is 12.7 Å². The normalized spacial score (nSPS) is 29.7. The number of allylic oxidation sites excluding steroid dienone is 1. The lowest BCUT2D eigenvalue weighted by Crippen LogP contribution is -2.46. The molecule has 0 radical (unpaired) electrons. The van der Waals surface area contributed by atoms with E-state index >= 15 is 0 Å². The van der Waals surface area contributed by atoms with Crippen LogP contribution in [0.4, 0.5) is 4.79 Å². The Morgan fingerprint density at radius 3 is 2.71 bits per heavy atom. The number of aliphatic carboxylic acids is 1. The molecule has 1 amide bonds. The van der Waals surface area contributed by atoms with Crippen LogP contribution >= 0.6 is 0 Å². The van der Waals surface area contributed by atoms with E-state index in [9.17, 15) is 14.7 Å². The average Bonchev–Trinajstić information content (AvgIpc) is 2.84. The van der Waals surface area contributed by atoms with Gasteiger partial charge >= 0.3 is 12.1 Å². The van der Waals surface area contributed by atoms with Gasteiger partial charge in [0.2, 0.25) is 0 Å². The van der Waals surface area contributed by atoms with E-state index in [4.69, 9.17) is 4.74 Å². The van der Waals surface area contributed by atoms with Crippen molar-refractivity contribution in [3.8, 4) is 0 Å². The molecule has 0 aromatic rings. The van der Waals surface area contributed by atoms with E-state index < -0.39 is 23.7 Å². The van der Waals surface area contributed by atoms with Gasteiger partial charge in [-0.05, 0) is 44.9 Å². The molecule has 2 N–H and O–H groups in total. The standard InChI is InChI=1S/C16H25NO4/c1-3-4-9-12-10-16(12,2)21-15(20)17-13(14(18)19)11-7-5-6-8-11/h3,11-13H,1,4-10H2,2H3,(H,17,20)(H,18,19). The molecule has 0 aromatic heterocycles. The number of carboxylic acids is 1. The smallest absolute Gasteiger partial charge is 0.408 e. The molecule has 2 aliphatic rings. The number of hydrogen-bond acceptors (Lipinski definition) is 3. The summed E-state index contributed by atoms with van der Waals surface area (Å²) >= 11 is 0. The summed E-state index contributed by atoms with van der Waals surface area (Å²) in [7, 11) is 0. The summed E-state index contributed by atoms with van der Waals surface area (Å²) in [5.41, 5.74) is -0.439. The first kappa shape index (κ1) is 15.9. The van der Waals surface area contributed by atoms with Crippen molar-refractivity contribution in [2.45, 2.75) is 63.5 Å². The van der Waals surface area contributed by atoms with Crippen molar-refractivity contribution in [2.24, 2.45) is 11.8 Å². The summed E-state index contributed by atoms with van der Waals surface area (Å²) in [5, 5.41) is 11.8. The maximum atomic E-state index is 12.0. The second-order valence-corrected chi connectivity index (χ2v) is 6.47. The minimum atomic E-state index is -0.969. The first-order valence-electron chi connectivity index (χ1n) is 7.79. The fourth-order valence-corrected chi connectivity index (χ4v) is 3.32. The molecule has 0 aliphatic heterocycles. The van der Waals surface area contributed by atoms with Crippen molar-refractivity contribution >= 4 is 12.1 Å². The highest BCUT2D eigenvalue weighted by Crippen LogP contribution is 2.49. The van der Waals surface area contributed by atoms with Crippen molar-refractivity contribution in [1.29, 1.82) is 0 Å². The van der Waals surface area contributed by atoms with Crippen LogP contribution in [0.3, 0.4) is 0 Å². The van der Waals surface area contributed by atoms with E-state index in [-0.39, 0.29) is 5.92 Å². The fraction of sp³-hybridized carbons (Fsp3) is 0.750. The molecule has 118 valence electrons. The number of carboxylic acid groups (broad SMARTS) is 1. The predicted molar refractivity (Wildman–Crippen MR) is 78.9 cm³/mol. The third-order valence-corrected chi connectivity index (χ3v) is 4.81. The Labute approximate surface area is 125 Å². The molecule has 21 heavy (non-hydrogen) atoms. The molecule has 0 aromatic carbocycles. The van der Waals surface area contributed by atoms with Crippen molar-refractivity contribution < 1.29 is 19.4 Å². The largest absolute Gasteiger partial charge is 0.480 e. The van der Waals surface area contributed by atoms with Crippen LogP contribution in [0.5, 0.6) is 0 Å². The van der Waals surface area contributed by atoms with Gasteiger partial charge in [-0.1, -0.05) is 18.9 Å². The topological polar surface area (TPSA) is 75.6 Å². The third kappa shape index (κ3) is 3.99. The molecule has 5 heteroatoms. The lowest BCUT2D eigenvalue weighted by atomic mass is 9.98. The van der Waals surface area contributed by atoms with Crippen LogP contribution in [0.25, 0.3) is 0 Å². The van der Waals surface area contributed by atoms with Crippen LogP contribution in [0.15, 0.2) is 12.7 Å². The Morgan fingerprint density at radius 2 is 2.14 bits per heavy atom. The van der Waals surface area contributed by atoms with Crippen LogP contribution in [-0.2, 0) is 9.53 Å². The minimum absolute atomic E-state index is 0.0265. The molecule has 2 aliphatic carbocycles. The summed E-state index contributed by atoms with van der Waals surface area (Å²) in [6.07, 6.45) is 7.75. The van der Waals surface area contributed by atoms with Crippen LogP contribution in [-0.4, -0.2) is 28.8 Å². The van der Waals surface area contributed by atoms with Crippen LogP contribution in [0, 0.1) is 11.8 Å². The van der Waals surface area contributed by atoms with Crippen molar-refractivity contribution in [2.75, 3.05) is 0 Å². The van der Waals surface area contributed by atoms with Gasteiger partial charge in [0.05, 0.1) is 0 Å². The number of hydrogen-bond donors (Lipinski definition) is 2. The Morgan fingerprint density at radius 1 is 1.48 bits per heavy atom. The number of carbonyl (C=O) groups excluding carboxylic acids is 1. The van der Waals surface area contributed by atoms with Gasteiger partial charge in [-0.15, -0.1) is 6.58 Å². The van der Waals surface area contributed by atoms with E-state index in [2.05, 4.69) is 11.9 Å². The summed E-state index contributed by atoms with van der Waals surface area (Å²) in [5.74, 6) is -0.586. The molecular weight excluding hydrogens is 270 g/mol. The molecule has 5 nitrogen and oxygen atoms in total. The number of ether oxygens (including phenoxy) is 1. The van der Waals surface area contributed by atoms with Gasteiger partial charge < -0.3 is 15.2 Å². The minimum Gasteiger partial charge on any atom is -0.480 e. The molecule has 3 unspecified atom stereocenters. The van der Waals surface area contributed by atoms with Crippen molar-refractivity contribution in [1.82, 2.24) is 5.32 Å². The van der Waals surface area contributed by atoms with E-state index in [1.807, 2.05) is 13.0 Å². The first-order valence-corrected chi connectivity index (χ1v) is 7.79. The number of amides is 1. The summed E-state index contributed by atoms with van der Waals surface area (Å²) in [6, 6.07) is -0.825. The quantitative estimate of drug-likeness (QED) is 0.708. The highest BCUT2D eigenvalue weighted by atomic mass is 16.6. The number of nitrogens with one attached hydrogen (secondary N) is 1. The third-order valence-electron chi connectivity index (χ3n) is 4.81. The maximum absolute atomic E-state index is 12.0.